The summed E-state index contributed by atoms with van der Waals surface area (Å²) in [5.41, 5.74) is 15.8. The van der Waals surface area contributed by atoms with E-state index in [2.05, 4.69) is 15.6 Å². The normalized spacial score (nSPS) is 13.8. The number of carboxylic acids is 2. The molecule has 0 fully saturated rings. The van der Waals surface area contributed by atoms with E-state index < -0.39 is 48.3 Å². The van der Waals surface area contributed by atoms with Gasteiger partial charge in [-0.05, 0) is 19.8 Å². The first kappa shape index (κ1) is 22.1. The third-order valence-electron chi connectivity index (χ3n) is 3.04. The number of amides is 2. The minimum Gasteiger partial charge on any atom is -0.481 e. The largest absolute Gasteiger partial charge is 0.481 e. The van der Waals surface area contributed by atoms with Gasteiger partial charge in [-0.25, -0.2) is 0 Å². The lowest BCUT2D eigenvalue weighted by atomic mass is 10.1. The summed E-state index contributed by atoms with van der Waals surface area (Å²) in [5.74, 6) is -4.23. The van der Waals surface area contributed by atoms with Gasteiger partial charge < -0.3 is 38.0 Å². The summed E-state index contributed by atoms with van der Waals surface area (Å²) in [6.45, 7) is 1.45. The molecule has 3 unspecified atom stereocenters. The Morgan fingerprint density at radius 3 is 2.16 bits per heavy atom. The molecule has 0 aromatic rings. The monoisotopic (exact) mass is 360 g/mol. The molecule has 3 atom stereocenters. The number of hydrogen-bond donors (Lipinski definition) is 7. The van der Waals surface area contributed by atoms with Crippen molar-refractivity contribution < 1.29 is 29.4 Å². The van der Waals surface area contributed by atoms with Gasteiger partial charge in [-0.1, -0.05) is 0 Å². The summed E-state index contributed by atoms with van der Waals surface area (Å²) in [6, 6.07) is -3.62. The number of carboxylic acid groups (broad SMARTS) is 2. The Morgan fingerprint density at radius 1 is 1.08 bits per heavy atom. The first-order valence-electron chi connectivity index (χ1n) is 7.41. The molecule has 0 rings (SSSR count). The molecular weight excluding hydrogens is 336 g/mol. The smallest absolute Gasteiger partial charge is 0.325 e. The fraction of sp³-hybridized carbons (Fsp3) is 0.615. The number of carbonyl (C=O) groups excluding carboxylic acids is 2. The third-order valence-corrected chi connectivity index (χ3v) is 3.04. The van der Waals surface area contributed by atoms with Crippen molar-refractivity contribution in [2.45, 2.75) is 44.3 Å². The van der Waals surface area contributed by atoms with Gasteiger partial charge >= 0.3 is 11.9 Å². The van der Waals surface area contributed by atoms with Gasteiger partial charge in [0.1, 0.15) is 12.1 Å². The van der Waals surface area contributed by atoms with E-state index in [0.29, 0.717) is 6.42 Å². The Hall–Kier alpha value is -2.89. The predicted molar refractivity (Wildman–Crippen MR) is 87.3 cm³/mol. The second kappa shape index (κ2) is 10.8. The predicted octanol–water partition coefficient (Wildman–Crippen LogP) is -3.08. The molecule has 0 radical (unpaired) electrons. The number of nitrogens with two attached hydrogens (primary N) is 3. The first-order valence-corrected chi connectivity index (χ1v) is 7.41. The Balaban J connectivity index is 4.89. The van der Waals surface area contributed by atoms with E-state index in [1.54, 1.807) is 0 Å². The highest BCUT2D eigenvalue weighted by Crippen LogP contribution is 2.01. The van der Waals surface area contributed by atoms with E-state index in [0.717, 1.165) is 0 Å². The Morgan fingerprint density at radius 2 is 1.68 bits per heavy atom. The lowest BCUT2D eigenvalue weighted by Gasteiger charge is -2.21. The number of aliphatic imine (C=N–C) groups is 1. The Bertz CT molecular complexity index is 533. The van der Waals surface area contributed by atoms with Gasteiger partial charge in [-0.15, -0.1) is 0 Å². The molecule has 0 aliphatic rings. The van der Waals surface area contributed by atoms with Gasteiger partial charge in [-0.2, -0.15) is 0 Å². The maximum atomic E-state index is 12.1. The van der Waals surface area contributed by atoms with Crippen molar-refractivity contribution in [3.05, 3.63) is 0 Å². The molecule has 12 heteroatoms. The van der Waals surface area contributed by atoms with Crippen molar-refractivity contribution in [1.82, 2.24) is 10.6 Å². The average Bonchev–Trinajstić information content (AvgIpc) is 2.48. The third kappa shape index (κ3) is 9.76. The highest BCUT2D eigenvalue weighted by Gasteiger charge is 2.26. The molecule has 0 aliphatic carbocycles. The summed E-state index contributed by atoms with van der Waals surface area (Å²) < 4.78 is 0. The van der Waals surface area contributed by atoms with Crippen LogP contribution in [0, 0.1) is 0 Å². The van der Waals surface area contributed by atoms with Crippen LogP contribution >= 0.6 is 0 Å². The summed E-state index contributed by atoms with van der Waals surface area (Å²) in [7, 11) is 0. The van der Waals surface area contributed by atoms with E-state index in [9.17, 15) is 19.2 Å². The van der Waals surface area contributed by atoms with Crippen LogP contribution in [0.3, 0.4) is 0 Å². The van der Waals surface area contributed by atoms with Gasteiger partial charge in [0.15, 0.2) is 5.96 Å². The number of carbonyl (C=O) groups is 4. The van der Waals surface area contributed by atoms with Gasteiger partial charge in [0.2, 0.25) is 11.8 Å². The van der Waals surface area contributed by atoms with E-state index in [-0.39, 0.29) is 18.9 Å². The number of nitrogens with one attached hydrogen (secondary N) is 2. The molecule has 0 saturated heterocycles. The van der Waals surface area contributed by atoms with Crippen molar-refractivity contribution in [3.63, 3.8) is 0 Å². The Labute approximate surface area is 143 Å². The van der Waals surface area contributed by atoms with Crippen LogP contribution in [0.2, 0.25) is 0 Å². The lowest BCUT2D eigenvalue weighted by Crippen LogP contribution is -2.54. The topological polar surface area (TPSA) is 223 Å². The molecule has 0 aromatic heterocycles. The summed E-state index contributed by atoms with van der Waals surface area (Å²) in [6.07, 6.45) is -0.202. The first-order chi connectivity index (χ1) is 11.5. The van der Waals surface area contributed by atoms with Gasteiger partial charge in [0.25, 0.3) is 0 Å². The maximum Gasteiger partial charge on any atom is 0.325 e. The second-order valence-electron chi connectivity index (χ2n) is 5.28. The quantitative estimate of drug-likeness (QED) is 0.112. The zero-order chi connectivity index (χ0) is 19.6. The van der Waals surface area contributed by atoms with Crippen LogP contribution in [-0.2, 0) is 19.2 Å². The lowest BCUT2D eigenvalue weighted by molar-refractivity contribution is -0.142. The highest BCUT2D eigenvalue weighted by atomic mass is 16.4. The molecule has 0 aromatic carbocycles. The van der Waals surface area contributed by atoms with Crippen molar-refractivity contribution in [2.75, 3.05) is 6.54 Å². The molecule has 12 nitrogen and oxygen atoms in total. The fourth-order valence-electron chi connectivity index (χ4n) is 1.71. The molecule has 0 bridgehead atoms. The van der Waals surface area contributed by atoms with Gasteiger partial charge in [0.05, 0.1) is 12.5 Å². The molecular formula is C13H24N6O6. The molecule has 10 N–H and O–H groups in total. The van der Waals surface area contributed by atoms with Crippen LogP contribution in [0.4, 0.5) is 0 Å². The second-order valence-corrected chi connectivity index (χ2v) is 5.28. The van der Waals surface area contributed by atoms with E-state index in [4.69, 9.17) is 27.4 Å². The Kier molecular flexibility index (Phi) is 9.56. The van der Waals surface area contributed by atoms with Crippen LogP contribution in [-0.4, -0.2) is 64.6 Å². The number of guanidine groups is 1. The number of hydrogen-bond acceptors (Lipinski definition) is 6. The molecule has 2 amide bonds. The van der Waals surface area contributed by atoms with Gasteiger partial charge in [-0.3, -0.25) is 24.2 Å². The average molecular weight is 360 g/mol. The van der Waals surface area contributed by atoms with Crippen molar-refractivity contribution in [3.8, 4) is 0 Å². The summed E-state index contributed by atoms with van der Waals surface area (Å²) in [5, 5.41) is 22.0. The minimum atomic E-state index is -1.34. The van der Waals surface area contributed by atoms with Gasteiger partial charge in [0, 0.05) is 6.54 Å². The van der Waals surface area contributed by atoms with Crippen molar-refractivity contribution in [2.24, 2.45) is 22.2 Å². The number of rotatable bonds is 11. The number of nitrogens with zero attached hydrogens (tertiary/aromatic N) is 1. The van der Waals surface area contributed by atoms with Crippen LogP contribution in [0.5, 0.6) is 0 Å². The maximum absolute atomic E-state index is 12.1. The van der Waals surface area contributed by atoms with Crippen LogP contribution in [0.25, 0.3) is 0 Å². The van der Waals surface area contributed by atoms with Crippen molar-refractivity contribution >= 4 is 29.7 Å². The highest BCUT2D eigenvalue weighted by molar-refractivity contribution is 5.92. The van der Waals surface area contributed by atoms with E-state index in [1.807, 2.05) is 0 Å². The minimum absolute atomic E-state index is 0.0977. The zero-order valence-corrected chi connectivity index (χ0v) is 13.8. The van der Waals surface area contributed by atoms with E-state index >= 15 is 0 Å². The molecule has 0 aliphatic heterocycles. The van der Waals surface area contributed by atoms with E-state index in [1.165, 1.54) is 6.92 Å². The molecule has 0 heterocycles. The summed E-state index contributed by atoms with van der Waals surface area (Å²) in [4.78, 5) is 49.2. The fourth-order valence-corrected chi connectivity index (χ4v) is 1.71. The summed E-state index contributed by atoms with van der Waals surface area (Å²) >= 11 is 0. The molecule has 0 saturated carbocycles. The zero-order valence-electron chi connectivity index (χ0n) is 13.8. The van der Waals surface area contributed by atoms with Crippen LogP contribution in [0.15, 0.2) is 4.99 Å². The number of aliphatic carboxylic acids is 2. The molecule has 0 spiro atoms. The molecule has 142 valence electrons. The van der Waals surface area contributed by atoms with Crippen LogP contribution in [0.1, 0.15) is 26.2 Å². The SMILES string of the molecule is CC(NC(=O)C(CCCN=C(N)N)NC(=O)C(N)CC(=O)O)C(=O)O. The molecule has 25 heavy (non-hydrogen) atoms. The van der Waals surface area contributed by atoms with Crippen LogP contribution < -0.4 is 27.8 Å². The standard InChI is InChI=1S/C13H24N6O6/c1-6(12(24)25)18-11(23)8(3-2-4-17-13(15)16)19-10(22)7(14)5-9(20)21/h6-8H,2-5,14H2,1H3,(H,18,23)(H,19,22)(H,20,21)(H,24,25)(H4,15,16,17). The van der Waals surface area contributed by atoms with Crippen molar-refractivity contribution in [1.29, 1.82) is 0 Å².